The van der Waals surface area contributed by atoms with Gasteiger partial charge in [-0.05, 0) is 84.3 Å². The largest absolute Gasteiger partial charge is 0.456 e. The molecule has 9 aromatic carbocycles. The first kappa shape index (κ1) is 31.6. The van der Waals surface area contributed by atoms with E-state index >= 15 is 0 Å². The molecule has 2 heterocycles. The summed E-state index contributed by atoms with van der Waals surface area (Å²) < 4.78 is 6.55. The zero-order valence-electron chi connectivity index (χ0n) is 30.6. The van der Waals surface area contributed by atoms with E-state index in [0.717, 1.165) is 71.7 Å². The van der Waals surface area contributed by atoms with E-state index in [1.807, 2.05) is 12.1 Å². The monoisotopic (exact) mass is 725 g/mol. The maximum absolute atomic E-state index is 6.55. The molecule has 0 saturated heterocycles. The van der Waals surface area contributed by atoms with Gasteiger partial charge in [-0.3, -0.25) is 0 Å². The van der Waals surface area contributed by atoms with Crippen molar-refractivity contribution in [1.29, 1.82) is 0 Å². The molecule has 0 saturated carbocycles. The van der Waals surface area contributed by atoms with Crippen LogP contribution in [0.4, 0.5) is 0 Å². The first-order valence-electron chi connectivity index (χ1n) is 19.3. The predicted octanol–water partition coefficient (Wildman–Crippen LogP) is 14.1. The van der Waals surface area contributed by atoms with E-state index in [1.165, 1.54) is 33.0 Å². The number of rotatable bonds is 5. The highest BCUT2D eigenvalue weighted by Gasteiger charge is 2.24. The van der Waals surface area contributed by atoms with Gasteiger partial charge in [0.2, 0.25) is 0 Å². The van der Waals surface area contributed by atoms with Crippen molar-refractivity contribution < 1.29 is 4.42 Å². The summed E-state index contributed by atoms with van der Waals surface area (Å²) in [5.41, 5.74) is 14.1. The van der Waals surface area contributed by atoms with Crippen molar-refractivity contribution in [2.75, 3.05) is 0 Å². The summed E-state index contributed by atoms with van der Waals surface area (Å²) in [7, 11) is 0. The van der Waals surface area contributed by atoms with E-state index in [4.69, 9.17) is 19.4 Å². The summed E-state index contributed by atoms with van der Waals surface area (Å²) in [6.45, 7) is 0. The summed E-state index contributed by atoms with van der Waals surface area (Å²) in [5, 5.41) is 7.04. The van der Waals surface area contributed by atoms with Crippen LogP contribution in [0.15, 0.2) is 192 Å². The Morgan fingerprint density at radius 2 is 0.860 bits per heavy atom. The van der Waals surface area contributed by atoms with Crippen LogP contribution >= 0.6 is 0 Å². The Morgan fingerprint density at radius 1 is 0.281 bits per heavy atom. The number of aromatic nitrogens is 3. The molecule has 0 amide bonds. The molecule has 12 rings (SSSR count). The second kappa shape index (κ2) is 12.4. The standard InChI is InChI=1S/C53H31N3O/c1-2-12-33(13-3-1)37-17-6-9-20-42(37)52-54-51(55-53(56-52)43-22-10-15-34-14-4-5-16-38(34)43)35-26-24-32(25-27-35)36-28-29-47-46(30-36)50-44-23-11-21-41-39-18-7-8-19-40(39)45(49(41)44)31-48(50)57-47/h1-31H. The lowest BCUT2D eigenvalue weighted by molar-refractivity contribution is 0.669. The number of nitrogens with zero attached hydrogens (tertiary/aromatic N) is 3. The van der Waals surface area contributed by atoms with Gasteiger partial charge in [-0.25, -0.2) is 15.0 Å². The minimum absolute atomic E-state index is 0.623. The van der Waals surface area contributed by atoms with Gasteiger partial charge < -0.3 is 4.42 Å². The van der Waals surface area contributed by atoms with Gasteiger partial charge in [-0.2, -0.15) is 0 Å². The SMILES string of the molecule is c1ccc(-c2ccccc2-c2nc(-c3ccc(-c4ccc5oc6cc7c8c(cccc8c6c5c4)-c4ccccc4-7)cc3)nc(-c3cccc4ccccc34)n2)cc1. The average molecular weight is 726 g/mol. The van der Waals surface area contributed by atoms with E-state index in [-0.39, 0.29) is 0 Å². The molecule has 0 radical (unpaired) electrons. The third-order valence-electron chi connectivity index (χ3n) is 11.5. The Morgan fingerprint density at radius 3 is 1.70 bits per heavy atom. The van der Waals surface area contributed by atoms with Crippen LogP contribution in [0.2, 0.25) is 0 Å². The quantitative estimate of drug-likeness (QED) is 0.177. The summed E-state index contributed by atoms with van der Waals surface area (Å²) in [5.74, 6) is 1.90. The van der Waals surface area contributed by atoms with Crippen LogP contribution in [0, 0.1) is 0 Å². The van der Waals surface area contributed by atoms with Crippen LogP contribution in [0.3, 0.4) is 0 Å². The minimum atomic E-state index is 0.623. The third-order valence-corrected chi connectivity index (χ3v) is 11.5. The molecule has 4 heteroatoms. The van der Waals surface area contributed by atoms with Gasteiger partial charge >= 0.3 is 0 Å². The topological polar surface area (TPSA) is 51.8 Å². The van der Waals surface area contributed by atoms with Crippen LogP contribution in [-0.4, -0.2) is 15.0 Å². The van der Waals surface area contributed by atoms with E-state index in [9.17, 15) is 0 Å². The molecule has 0 atom stereocenters. The summed E-state index contributed by atoms with van der Waals surface area (Å²) in [4.78, 5) is 15.5. The maximum Gasteiger partial charge on any atom is 0.164 e. The van der Waals surface area contributed by atoms with Crippen molar-refractivity contribution in [3.63, 3.8) is 0 Å². The molecule has 4 nitrogen and oxygen atoms in total. The fraction of sp³-hybridized carbons (Fsp3) is 0. The van der Waals surface area contributed by atoms with Gasteiger partial charge in [-0.15, -0.1) is 0 Å². The van der Waals surface area contributed by atoms with Crippen molar-refractivity contribution in [1.82, 2.24) is 15.0 Å². The average Bonchev–Trinajstić information content (AvgIpc) is 3.82. The van der Waals surface area contributed by atoms with Crippen molar-refractivity contribution in [2.45, 2.75) is 0 Å². The normalized spacial score (nSPS) is 11.9. The summed E-state index contributed by atoms with van der Waals surface area (Å²) >= 11 is 0. The molecule has 264 valence electrons. The number of hydrogen-bond acceptors (Lipinski definition) is 4. The zero-order valence-corrected chi connectivity index (χ0v) is 30.6. The highest BCUT2D eigenvalue weighted by molar-refractivity contribution is 6.28. The van der Waals surface area contributed by atoms with Gasteiger partial charge in [0.05, 0.1) is 0 Å². The molecular weight excluding hydrogens is 695 g/mol. The molecule has 11 aromatic rings. The molecule has 2 aromatic heterocycles. The van der Waals surface area contributed by atoms with Gasteiger partial charge in [0.15, 0.2) is 17.5 Å². The highest BCUT2D eigenvalue weighted by Crippen LogP contribution is 2.51. The minimum Gasteiger partial charge on any atom is -0.456 e. The summed E-state index contributed by atoms with van der Waals surface area (Å²) in [6, 6.07) is 66.1. The lowest BCUT2D eigenvalue weighted by Gasteiger charge is -2.13. The molecule has 1 aliphatic rings. The van der Waals surface area contributed by atoms with E-state index < -0.39 is 0 Å². The maximum atomic E-state index is 6.55. The molecule has 0 spiro atoms. The number of fused-ring (bicyclic) bond motifs is 8. The van der Waals surface area contributed by atoms with Crippen LogP contribution in [0.5, 0.6) is 0 Å². The second-order valence-corrected chi connectivity index (χ2v) is 14.7. The Kier molecular flexibility index (Phi) is 6.89. The molecule has 0 fully saturated rings. The lowest BCUT2D eigenvalue weighted by Crippen LogP contribution is -2.01. The first-order chi connectivity index (χ1) is 28.2. The zero-order chi connectivity index (χ0) is 37.5. The first-order valence-corrected chi connectivity index (χ1v) is 19.3. The molecule has 0 unspecified atom stereocenters. The van der Waals surface area contributed by atoms with Gasteiger partial charge in [0, 0.05) is 27.5 Å². The van der Waals surface area contributed by atoms with Crippen molar-refractivity contribution >= 4 is 43.5 Å². The molecule has 0 N–H and O–H groups in total. The Hall–Kier alpha value is -7.69. The number of hydrogen-bond donors (Lipinski definition) is 0. The second-order valence-electron chi connectivity index (χ2n) is 14.7. The van der Waals surface area contributed by atoms with E-state index in [0.29, 0.717) is 17.5 Å². The summed E-state index contributed by atoms with van der Waals surface area (Å²) in [6.07, 6.45) is 0. The fourth-order valence-electron chi connectivity index (χ4n) is 8.85. The van der Waals surface area contributed by atoms with E-state index in [1.54, 1.807) is 0 Å². The van der Waals surface area contributed by atoms with Crippen LogP contribution in [0.25, 0.3) is 122 Å². The molecule has 0 aliphatic heterocycles. The third kappa shape index (κ3) is 4.98. The van der Waals surface area contributed by atoms with Gasteiger partial charge in [0.1, 0.15) is 11.2 Å². The van der Waals surface area contributed by atoms with Crippen molar-refractivity contribution in [2.24, 2.45) is 0 Å². The Labute approximate surface area is 328 Å². The van der Waals surface area contributed by atoms with Crippen LogP contribution in [0.1, 0.15) is 0 Å². The van der Waals surface area contributed by atoms with Crippen molar-refractivity contribution in [3.8, 4) is 78.7 Å². The van der Waals surface area contributed by atoms with E-state index in [2.05, 4.69) is 176 Å². The predicted molar refractivity (Wildman–Crippen MR) is 234 cm³/mol. The fourth-order valence-corrected chi connectivity index (χ4v) is 8.85. The molecule has 1 aliphatic carbocycles. The van der Waals surface area contributed by atoms with Crippen LogP contribution in [-0.2, 0) is 0 Å². The van der Waals surface area contributed by atoms with Gasteiger partial charge in [0.25, 0.3) is 0 Å². The number of benzene rings is 9. The Bertz CT molecular complexity index is 3400. The molecule has 0 bridgehead atoms. The van der Waals surface area contributed by atoms with Crippen molar-refractivity contribution in [3.05, 3.63) is 188 Å². The lowest BCUT2D eigenvalue weighted by atomic mass is 9.96. The Balaban J connectivity index is 0.987. The molecular formula is C53H31N3O. The smallest absolute Gasteiger partial charge is 0.164 e. The molecule has 57 heavy (non-hydrogen) atoms. The number of furan rings is 1. The van der Waals surface area contributed by atoms with Crippen LogP contribution < -0.4 is 0 Å². The highest BCUT2D eigenvalue weighted by atomic mass is 16.3. The van der Waals surface area contributed by atoms with Gasteiger partial charge in [-0.1, -0.05) is 170 Å².